The first-order valence-electron chi connectivity index (χ1n) is 5.60. The third-order valence-electron chi connectivity index (χ3n) is 1.04. The Morgan fingerprint density at radius 2 is 2.83 bits per heavy atom. The van der Waals surface area contributed by atoms with E-state index in [-0.39, 0.29) is 11.0 Å². The Morgan fingerprint density at radius 1 is 2.33 bits per heavy atom. The third-order valence-corrected chi connectivity index (χ3v) is 1.04. The van der Waals surface area contributed by atoms with E-state index in [4.69, 9.17) is 15.4 Å². The fraction of sp³-hybridized carbons (Fsp3) is 1.00. The molecule has 0 bridgehead atoms. The summed E-state index contributed by atoms with van der Waals surface area (Å²) in [5.41, 5.74) is 0. The zero-order valence-electron chi connectivity index (χ0n) is 10.9. The topological polar surface area (TPSA) is 24.7 Å². The fourth-order valence-corrected chi connectivity index (χ4v) is 0.666. The monoisotopic (exact) mass is 108 g/mol. The molecule has 1 heterocycles. The first kappa shape index (κ1) is 1.46. The van der Waals surface area contributed by atoms with E-state index in [1.807, 2.05) is 0 Å². The van der Waals surface area contributed by atoms with Gasteiger partial charge < -0.3 is 10.00 Å². The van der Waals surface area contributed by atoms with Crippen LogP contribution < -0.4 is 4.89 Å². The highest BCUT2D eigenvalue weighted by molar-refractivity contribution is 4.55. The summed E-state index contributed by atoms with van der Waals surface area (Å²) in [6, 6.07) is 0. The number of nitrogens with one attached hydrogen (secondary N) is 1. The lowest BCUT2D eigenvalue weighted by molar-refractivity contribution is -0.930. The van der Waals surface area contributed by atoms with Crippen LogP contribution in [0.15, 0.2) is 0 Å². The van der Waals surface area contributed by atoms with Crippen LogP contribution in [0.2, 0.25) is 1.41 Å². The molecule has 1 saturated heterocycles. The van der Waals surface area contributed by atoms with Crippen molar-refractivity contribution < 1.29 is 20.3 Å². The second-order valence-corrected chi connectivity index (χ2v) is 1.88. The summed E-state index contributed by atoms with van der Waals surface area (Å²) >= 11 is 0. The molecular formula is C4H16NO+. The minimum Gasteiger partial charge on any atom is -0.382 e. The molecule has 0 spiro atoms. The number of likely N-dealkylation sites (N-methyl/N-ethyl adjacent to an activating group) is 1. The van der Waals surface area contributed by atoms with Crippen molar-refractivity contribution in [1.82, 2.24) is 0 Å². The van der Waals surface area contributed by atoms with Crippen molar-refractivity contribution >= 4 is 0 Å². The minimum absolute atomic E-state index is 0.206. The van der Waals surface area contributed by atoms with E-state index in [2.05, 4.69) is 0 Å². The minimum atomic E-state index is -0.206. The molecule has 1 aliphatic rings. The van der Waals surface area contributed by atoms with Crippen LogP contribution in [-0.2, 0) is 0 Å². The zero-order valence-corrected chi connectivity index (χ0v) is 3.89. The van der Waals surface area contributed by atoms with E-state index >= 15 is 0 Å². The summed E-state index contributed by atoms with van der Waals surface area (Å²) in [4.78, 5) is 0.237. The lowest BCUT2D eigenvalue weighted by Gasteiger charge is -2.27. The van der Waals surface area contributed by atoms with E-state index in [1.54, 1.807) is 7.05 Å². The maximum Gasteiger partial charge on any atom is 0.348 e. The van der Waals surface area contributed by atoms with Gasteiger partial charge in [-0.05, 0) is 0 Å². The molecule has 0 saturated carbocycles. The predicted octanol–water partition coefficient (Wildman–Crippen LogP) is -1.39. The van der Waals surface area contributed by atoms with Gasteiger partial charge in [0.05, 0.1) is 7.05 Å². The van der Waals surface area contributed by atoms with Crippen LogP contribution in [0.25, 0.3) is 0 Å². The molecule has 0 aromatic carbocycles. The number of likely N-dealkylation sites (tertiary alicyclic amines) is 1. The Kier molecular flexibility index (Phi) is 0.293. The smallest absolute Gasteiger partial charge is 0.348 e. The lowest BCUT2D eigenvalue weighted by Crippen LogP contribution is -3.18. The lowest BCUT2D eigenvalue weighted by atomic mass is 10.2. The van der Waals surface area contributed by atoms with Gasteiger partial charge >= 0.3 is 1.41 Å². The number of rotatable bonds is 0. The standard InChI is InChI=1S/C4H9NO.3H2/c1-5-2-4(6)3-5;;;/h4,6H,2-3H2,1H3;3*1H/p+1/i;3*1+2T/hT. The first-order chi connectivity index (χ1) is 6.10. The molecule has 0 amide bonds. The Balaban J connectivity index is -0.000000144. The van der Waals surface area contributed by atoms with Crippen LogP contribution in [0, 0.1) is 0 Å². The molecule has 2 heteroatoms. The zero-order chi connectivity index (χ0) is 11.5. The molecule has 2 nitrogen and oxygen atoms in total. The summed E-state index contributed by atoms with van der Waals surface area (Å²) in [6.45, 7) is 1.19. The van der Waals surface area contributed by atoms with Crippen molar-refractivity contribution in [1.29, 1.82) is 0 Å². The third kappa shape index (κ3) is 0.533. The van der Waals surface area contributed by atoms with Gasteiger partial charge in [0, 0.05) is 8.91 Å². The van der Waals surface area contributed by atoms with Crippen molar-refractivity contribution in [2.75, 3.05) is 20.1 Å². The van der Waals surface area contributed by atoms with Gasteiger partial charge in [-0.3, -0.25) is 0 Å². The summed E-state index contributed by atoms with van der Waals surface area (Å²) in [5, 5.41) is 8.65. The molecule has 1 aliphatic heterocycles. The van der Waals surface area contributed by atoms with Crippen molar-refractivity contribution in [3.8, 4) is 0 Å². The molecule has 1 fully saturated rings. The van der Waals surface area contributed by atoms with Gasteiger partial charge in [0.25, 0.3) is 0 Å². The van der Waals surface area contributed by atoms with Crippen LogP contribution in [0.3, 0.4) is 0 Å². The largest absolute Gasteiger partial charge is 0.382 e. The predicted molar refractivity (Wildman–Crippen MR) is 29.0 cm³/mol. The van der Waals surface area contributed by atoms with Crippen molar-refractivity contribution in [2.45, 2.75) is 6.10 Å². The van der Waals surface area contributed by atoms with E-state index in [9.17, 15) is 0 Å². The highest BCUT2D eigenvalue weighted by atomic mass is 16.3. The van der Waals surface area contributed by atoms with E-state index in [1.165, 1.54) is 0 Å². The second kappa shape index (κ2) is 1.21. The summed E-state index contributed by atoms with van der Waals surface area (Å²) in [6.07, 6.45) is -0.206. The second-order valence-electron chi connectivity index (χ2n) is 1.88. The Morgan fingerprint density at radius 3 is 2.83 bits per heavy atom. The quantitative estimate of drug-likeness (QED) is 0.392. The normalized spacial score (nSPS) is 63.7. The van der Waals surface area contributed by atoms with Gasteiger partial charge in [0.15, 0.2) is 6.10 Å². The van der Waals surface area contributed by atoms with Crippen molar-refractivity contribution in [3.63, 3.8) is 0 Å². The van der Waals surface area contributed by atoms with Gasteiger partial charge in [0.1, 0.15) is 13.1 Å². The molecule has 0 unspecified atom stereocenters. The molecular weight excluding hydrogens is 78.0 g/mol. The van der Waals surface area contributed by atoms with Gasteiger partial charge in [-0.15, -0.1) is 0 Å². The molecule has 1 rings (SSSR count). The maximum atomic E-state index is 8.65. The number of aliphatic hydroxyl groups excluding tert-OH is 1. The van der Waals surface area contributed by atoms with Crippen LogP contribution in [-0.4, -0.2) is 31.3 Å². The van der Waals surface area contributed by atoms with Crippen LogP contribution in [0.4, 0.5) is 0 Å². The average molecular weight is 108 g/mol. The Bertz CT molecular complexity index is 84.6. The molecule has 0 atom stereocenters. The molecule has 6 heavy (non-hydrogen) atoms. The fourth-order valence-electron chi connectivity index (χ4n) is 0.666. The van der Waals surface area contributed by atoms with Crippen LogP contribution >= 0.6 is 0 Å². The van der Waals surface area contributed by atoms with Gasteiger partial charge in [0.2, 0.25) is 0 Å². The van der Waals surface area contributed by atoms with E-state index < -0.39 is 0 Å². The number of quaternary nitrogens is 1. The van der Waals surface area contributed by atoms with Gasteiger partial charge in [-0.25, -0.2) is 0 Å². The van der Waals surface area contributed by atoms with Crippen molar-refractivity contribution in [2.24, 2.45) is 0 Å². The molecule has 0 aromatic rings. The maximum absolute atomic E-state index is 8.65. The highest BCUT2D eigenvalue weighted by Gasteiger charge is 2.24. The SMILES string of the molecule is [3H][3H].[3H][3H].[3H][3H].[3H][N+]1(C)CC(O)C1. The van der Waals surface area contributed by atoms with Gasteiger partial charge in [-0.2, -0.15) is 0 Å². The number of hydrogen-bond acceptors (Lipinski definition) is 1. The van der Waals surface area contributed by atoms with Crippen LogP contribution in [0.1, 0.15) is 8.91 Å². The summed E-state index contributed by atoms with van der Waals surface area (Å²) < 4.78 is 37.2. The molecule has 42 valence electrons. The molecule has 0 radical (unpaired) electrons. The van der Waals surface area contributed by atoms with Crippen molar-refractivity contribution in [3.05, 3.63) is 0 Å². The number of hydrogen-bond donors (Lipinski definition) is 2. The molecule has 0 aliphatic carbocycles. The highest BCUT2D eigenvalue weighted by Crippen LogP contribution is 1.77. The Hall–Kier alpha value is -0.0800. The average Bonchev–Trinajstić information content (AvgIpc) is 2.12. The number of aliphatic hydroxyl groups is 1. The van der Waals surface area contributed by atoms with E-state index in [0.717, 1.165) is 0 Å². The van der Waals surface area contributed by atoms with Gasteiger partial charge in [-0.1, -0.05) is 0 Å². The summed E-state index contributed by atoms with van der Waals surface area (Å²) in [5.74, 6) is 0. The first-order valence-corrected chi connectivity index (χ1v) is 2.15. The Labute approximate surface area is 48.1 Å². The molecule has 2 N–H and O–H groups in total. The summed E-state index contributed by atoms with van der Waals surface area (Å²) in [7, 11) is 1.78. The molecule has 0 aromatic heterocycles. The van der Waals surface area contributed by atoms with E-state index in [0.29, 0.717) is 13.1 Å². The van der Waals surface area contributed by atoms with Crippen LogP contribution in [0.5, 0.6) is 0 Å².